The number of carbonyl (C=O) groups excluding carboxylic acids is 2. The molecular weight excluding hydrogens is 428 g/mol. The summed E-state index contributed by atoms with van der Waals surface area (Å²) in [7, 11) is 0. The first-order valence-electron chi connectivity index (χ1n) is 10.9. The van der Waals surface area contributed by atoms with Crippen molar-refractivity contribution < 1.29 is 29.4 Å². The lowest BCUT2D eigenvalue weighted by Crippen LogP contribution is -2.44. The van der Waals surface area contributed by atoms with E-state index in [0.717, 1.165) is 0 Å². The quantitative estimate of drug-likeness (QED) is 0.398. The van der Waals surface area contributed by atoms with Crippen LogP contribution in [0, 0.1) is 11.8 Å². The summed E-state index contributed by atoms with van der Waals surface area (Å²) in [6, 6.07) is 3.36. The number of carbonyl (C=O) groups is 4. The fourth-order valence-corrected chi connectivity index (χ4v) is 4.92. The molecule has 4 rings (SSSR count). The van der Waals surface area contributed by atoms with Crippen molar-refractivity contribution in [2.45, 2.75) is 37.8 Å². The molecule has 10 nitrogen and oxygen atoms in total. The Morgan fingerprint density at radius 2 is 1.85 bits per heavy atom. The topological polar surface area (TPSA) is 166 Å². The number of aromatic amines is 1. The number of likely N-dealkylation sites (tertiary alicyclic amines) is 1. The minimum Gasteiger partial charge on any atom is -0.481 e. The number of aromatic nitrogens is 1. The van der Waals surface area contributed by atoms with Gasteiger partial charge in [0.15, 0.2) is 0 Å². The zero-order valence-electron chi connectivity index (χ0n) is 17.9. The van der Waals surface area contributed by atoms with Crippen molar-refractivity contribution in [3.05, 3.63) is 42.1 Å². The van der Waals surface area contributed by atoms with Crippen LogP contribution in [0.4, 0.5) is 5.69 Å². The van der Waals surface area contributed by atoms with Crippen molar-refractivity contribution in [3.8, 4) is 0 Å². The molecule has 4 atom stereocenters. The van der Waals surface area contributed by atoms with Gasteiger partial charge >= 0.3 is 11.9 Å². The van der Waals surface area contributed by atoms with Crippen LogP contribution in [0.2, 0.25) is 0 Å². The highest BCUT2D eigenvalue weighted by Gasteiger charge is 2.39. The summed E-state index contributed by atoms with van der Waals surface area (Å²) < 4.78 is 0. The third-order valence-corrected chi connectivity index (χ3v) is 6.55. The number of hydrogen-bond donors (Lipinski definition) is 5. The van der Waals surface area contributed by atoms with Crippen LogP contribution in [0.3, 0.4) is 0 Å². The van der Waals surface area contributed by atoms with E-state index in [1.807, 2.05) is 6.08 Å². The molecule has 2 heterocycles. The summed E-state index contributed by atoms with van der Waals surface area (Å²) in [6.07, 6.45) is 7.05. The molecule has 1 aromatic carbocycles. The molecule has 2 aromatic rings. The Morgan fingerprint density at radius 1 is 1.12 bits per heavy atom. The molecule has 0 radical (unpaired) electrons. The van der Waals surface area contributed by atoms with Crippen molar-refractivity contribution in [1.29, 1.82) is 0 Å². The van der Waals surface area contributed by atoms with Crippen molar-refractivity contribution in [1.82, 2.24) is 9.88 Å². The van der Waals surface area contributed by atoms with Crippen molar-refractivity contribution in [3.63, 3.8) is 0 Å². The second-order valence-electron chi connectivity index (χ2n) is 8.53. The second-order valence-corrected chi connectivity index (χ2v) is 8.53. The van der Waals surface area contributed by atoms with Crippen LogP contribution < -0.4 is 11.1 Å². The van der Waals surface area contributed by atoms with E-state index in [9.17, 15) is 29.4 Å². The van der Waals surface area contributed by atoms with Gasteiger partial charge in [-0.2, -0.15) is 0 Å². The van der Waals surface area contributed by atoms with E-state index in [1.54, 1.807) is 35.4 Å². The number of fused-ring (bicyclic) bond motifs is 1. The maximum absolute atomic E-state index is 12.7. The summed E-state index contributed by atoms with van der Waals surface area (Å²) in [5, 5.41) is 22.8. The van der Waals surface area contributed by atoms with Gasteiger partial charge in [-0.05, 0) is 37.8 Å². The Bertz CT molecular complexity index is 1140. The number of primary amides is 1. The fraction of sp³-hybridized carbons (Fsp3) is 0.391. The zero-order chi connectivity index (χ0) is 23.7. The third-order valence-electron chi connectivity index (χ3n) is 6.55. The Morgan fingerprint density at radius 3 is 2.52 bits per heavy atom. The van der Waals surface area contributed by atoms with Gasteiger partial charge in [0.25, 0.3) is 0 Å². The maximum atomic E-state index is 12.7. The minimum absolute atomic E-state index is 0.311. The number of hydrogen-bond acceptors (Lipinski definition) is 5. The van der Waals surface area contributed by atoms with E-state index < -0.39 is 41.8 Å². The minimum atomic E-state index is -1.08. The maximum Gasteiger partial charge on any atom is 0.325 e. The number of anilines is 1. The Labute approximate surface area is 189 Å². The smallest absolute Gasteiger partial charge is 0.325 e. The molecule has 0 spiro atoms. The lowest BCUT2D eigenvalue weighted by Gasteiger charge is -2.28. The summed E-state index contributed by atoms with van der Waals surface area (Å²) in [6.45, 7) is 0.450. The summed E-state index contributed by atoms with van der Waals surface area (Å²) in [4.78, 5) is 52.9. The number of nitrogens with one attached hydrogen (secondary N) is 2. The number of nitrogens with two attached hydrogens (primary N) is 1. The van der Waals surface area contributed by atoms with Crippen LogP contribution in [-0.2, 0) is 19.2 Å². The fourth-order valence-electron chi connectivity index (χ4n) is 4.92. The zero-order valence-corrected chi connectivity index (χ0v) is 17.9. The first-order chi connectivity index (χ1) is 15.8. The molecule has 10 heteroatoms. The average Bonchev–Trinajstić information content (AvgIpc) is 3.41. The van der Waals surface area contributed by atoms with Crippen molar-refractivity contribution >= 4 is 40.3 Å². The van der Waals surface area contributed by atoms with Crippen molar-refractivity contribution in [2.24, 2.45) is 17.6 Å². The summed E-state index contributed by atoms with van der Waals surface area (Å²) in [5.74, 6) is -4.43. The van der Waals surface area contributed by atoms with Gasteiger partial charge in [0.05, 0.1) is 17.9 Å². The SMILES string of the molecule is NC(=O)[C@@H]1CCCN1[C@@H](C(=O)O)c1c[nH]c2cc(NC(=O)[C@@H]3CC=CC[C@@H]3C(=O)O)ccc12. The number of carboxylic acid groups (broad SMARTS) is 2. The van der Waals surface area contributed by atoms with Gasteiger partial charge in [-0.1, -0.05) is 18.2 Å². The molecule has 1 aliphatic carbocycles. The van der Waals surface area contributed by atoms with Gasteiger partial charge in [0.2, 0.25) is 11.8 Å². The molecular formula is C23H26N4O6. The van der Waals surface area contributed by atoms with E-state index in [-0.39, 0.29) is 5.91 Å². The van der Waals surface area contributed by atoms with Crippen molar-refractivity contribution in [2.75, 3.05) is 11.9 Å². The van der Waals surface area contributed by atoms with E-state index in [4.69, 9.17) is 5.73 Å². The van der Waals surface area contributed by atoms with Crippen LogP contribution in [0.5, 0.6) is 0 Å². The van der Waals surface area contributed by atoms with Crippen LogP contribution in [0.25, 0.3) is 10.9 Å². The Kier molecular flexibility index (Phi) is 6.19. The van der Waals surface area contributed by atoms with Gasteiger partial charge in [0, 0.05) is 34.9 Å². The van der Waals surface area contributed by atoms with Gasteiger partial charge in [-0.25, -0.2) is 0 Å². The van der Waals surface area contributed by atoms with Gasteiger partial charge in [0.1, 0.15) is 6.04 Å². The van der Waals surface area contributed by atoms with E-state index in [2.05, 4.69) is 10.3 Å². The standard InChI is InChI=1S/C23H26N4O6/c24-20(28)18-6-3-9-27(18)19(23(32)33)16-11-25-17-10-12(7-8-13(16)17)26-21(29)14-4-1-2-5-15(14)22(30)31/h1-2,7-8,10-11,14-15,18-19,25H,3-6,9H2,(H2,24,28)(H,26,29)(H,30,31)(H,32,33)/t14-,15+,18+,19-/m1/s1. The van der Waals surface area contributed by atoms with E-state index in [0.29, 0.717) is 54.4 Å². The number of carboxylic acids is 2. The highest BCUT2D eigenvalue weighted by atomic mass is 16.4. The molecule has 1 fully saturated rings. The number of H-pyrrole nitrogens is 1. The first kappa shape index (κ1) is 22.5. The molecule has 0 unspecified atom stereocenters. The van der Waals surface area contributed by atoms with Crippen LogP contribution in [0.1, 0.15) is 37.3 Å². The summed E-state index contributed by atoms with van der Waals surface area (Å²) in [5.41, 5.74) is 7.08. The number of rotatable bonds is 7. The highest BCUT2D eigenvalue weighted by Crippen LogP contribution is 2.35. The first-order valence-corrected chi connectivity index (χ1v) is 10.9. The third kappa shape index (κ3) is 4.34. The molecule has 33 heavy (non-hydrogen) atoms. The largest absolute Gasteiger partial charge is 0.481 e. The molecule has 174 valence electrons. The Hall–Kier alpha value is -3.66. The lowest BCUT2D eigenvalue weighted by atomic mass is 9.82. The summed E-state index contributed by atoms with van der Waals surface area (Å²) >= 11 is 0. The lowest BCUT2D eigenvalue weighted by molar-refractivity contribution is -0.146. The molecule has 6 N–H and O–H groups in total. The van der Waals surface area contributed by atoms with E-state index >= 15 is 0 Å². The predicted molar refractivity (Wildman–Crippen MR) is 119 cm³/mol. The van der Waals surface area contributed by atoms with Gasteiger partial charge in [-0.15, -0.1) is 0 Å². The molecule has 0 saturated carbocycles. The average molecular weight is 454 g/mol. The molecule has 1 aliphatic heterocycles. The Balaban J connectivity index is 1.58. The van der Waals surface area contributed by atoms with Crippen LogP contribution >= 0.6 is 0 Å². The van der Waals surface area contributed by atoms with Gasteiger partial charge < -0.3 is 26.2 Å². The van der Waals surface area contributed by atoms with Crippen LogP contribution in [-0.4, -0.2) is 56.4 Å². The van der Waals surface area contributed by atoms with Gasteiger partial charge in [-0.3, -0.25) is 24.1 Å². The predicted octanol–water partition coefficient (Wildman–Crippen LogP) is 1.85. The second kappa shape index (κ2) is 9.07. The molecule has 2 amide bonds. The molecule has 1 saturated heterocycles. The highest BCUT2D eigenvalue weighted by molar-refractivity contribution is 5.98. The monoisotopic (exact) mass is 454 g/mol. The number of benzene rings is 1. The number of allylic oxidation sites excluding steroid dienone is 2. The molecule has 2 aliphatic rings. The number of amides is 2. The number of nitrogens with zero attached hydrogens (tertiary/aromatic N) is 1. The number of aliphatic carboxylic acids is 2. The van der Waals surface area contributed by atoms with E-state index in [1.165, 1.54) is 0 Å². The normalized spacial score (nSPS) is 23.9. The molecule has 1 aromatic heterocycles. The van der Waals surface area contributed by atoms with Crippen LogP contribution in [0.15, 0.2) is 36.5 Å². The molecule has 0 bridgehead atoms.